The molecule has 1 rings (SSSR count). The van der Waals surface area contributed by atoms with Crippen molar-refractivity contribution in [1.29, 1.82) is 5.26 Å². The fourth-order valence-electron chi connectivity index (χ4n) is 0.463. The first-order chi connectivity index (χ1) is 5.29. The van der Waals surface area contributed by atoms with Crippen molar-refractivity contribution >= 4 is 53.3 Å². The van der Waals surface area contributed by atoms with Gasteiger partial charge in [-0.1, -0.05) is 23.8 Å². The Kier molecular flexibility index (Phi) is 3.33. The molecule has 0 aromatic rings. The Balaban J connectivity index is 2.73. The Morgan fingerprint density at radius 3 is 3.18 bits per heavy atom. The van der Waals surface area contributed by atoms with Crippen molar-refractivity contribution in [1.82, 2.24) is 8.43 Å². The SMILES string of the molecule is N#CSN1SNC(Cl)=C1C=S. The smallest absolute Gasteiger partial charge is 0.157 e. The van der Waals surface area contributed by atoms with Crippen LogP contribution in [0.4, 0.5) is 0 Å². The average molecular weight is 224 g/mol. The van der Waals surface area contributed by atoms with Gasteiger partial charge in [-0.05, 0) is 0 Å². The molecule has 0 radical (unpaired) electrons. The molecular weight excluding hydrogens is 222 g/mol. The van der Waals surface area contributed by atoms with Crippen LogP contribution in [-0.4, -0.2) is 9.08 Å². The van der Waals surface area contributed by atoms with Crippen molar-refractivity contribution in [2.24, 2.45) is 0 Å². The summed E-state index contributed by atoms with van der Waals surface area (Å²) in [5.74, 6) is 0. The lowest BCUT2D eigenvalue weighted by Crippen LogP contribution is -2.00. The highest BCUT2D eigenvalue weighted by molar-refractivity contribution is 8.14. The lowest BCUT2D eigenvalue weighted by Gasteiger charge is -2.07. The molecule has 0 saturated heterocycles. The van der Waals surface area contributed by atoms with Crippen LogP contribution < -0.4 is 4.72 Å². The van der Waals surface area contributed by atoms with Crippen LogP contribution in [0.2, 0.25) is 0 Å². The molecule has 7 heteroatoms. The van der Waals surface area contributed by atoms with Gasteiger partial charge in [0.15, 0.2) is 5.40 Å². The molecular formula is C4H2ClN3S3. The fourth-order valence-corrected chi connectivity index (χ4v) is 2.41. The van der Waals surface area contributed by atoms with Gasteiger partial charge in [-0.3, -0.25) is 4.72 Å². The molecule has 0 amide bonds. The first-order valence-corrected chi connectivity index (χ1v) is 4.83. The van der Waals surface area contributed by atoms with E-state index in [1.165, 1.54) is 17.5 Å². The highest BCUT2D eigenvalue weighted by Gasteiger charge is 2.20. The summed E-state index contributed by atoms with van der Waals surface area (Å²) in [6, 6.07) is 0. The summed E-state index contributed by atoms with van der Waals surface area (Å²) in [7, 11) is 0. The number of halogens is 1. The van der Waals surface area contributed by atoms with Crippen molar-refractivity contribution in [2.45, 2.75) is 0 Å². The molecule has 3 nitrogen and oxygen atoms in total. The molecule has 0 fully saturated rings. The fraction of sp³-hybridized carbons (Fsp3) is 0. The number of thiocyanates is 1. The summed E-state index contributed by atoms with van der Waals surface area (Å²) in [5, 5.41) is 12.2. The topological polar surface area (TPSA) is 39.1 Å². The van der Waals surface area contributed by atoms with Gasteiger partial charge in [-0.15, -0.1) is 0 Å². The van der Waals surface area contributed by atoms with E-state index >= 15 is 0 Å². The van der Waals surface area contributed by atoms with Gasteiger partial charge in [-0.2, -0.15) is 5.26 Å². The van der Waals surface area contributed by atoms with Crippen LogP contribution in [0, 0.1) is 10.7 Å². The third kappa shape index (κ3) is 1.93. The summed E-state index contributed by atoms with van der Waals surface area (Å²) in [4.78, 5) is 0. The first-order valence-electron chi connectivity index (χ1n) is 2.43. The van der Waals surface area contributed by atoms with Crippen LogP contribution in [-0.2, 0) is 0 Å². The summed E-state index contributed by atoms with van der Waals surface area (Å²) in [6.45, 7) is 0. The molecule has 0 aliphatic carbocycles. The number of allylic oxidation sites excluding steroid dienone is 1. The molecule has 1 N–H and O–H groups in total. The van der Waals surface area contributed by atoms with E-state index in [1.807, 2.05) is 5.40 Å². The monoisotopic (exact) mass is 223 g/mol. The molecule has 0 bridgehead atoms. The second-order valence-corrected chi connectivity index (χ2v) is 3.78. The van der Waals surface area contributed by atoms with Crippen LogP contribution >= 0.6 is 47.9 Å². The number of thiocarbonyl (C=S) groups is 1. The average Bonchev–Trinajstić information content (AvgIpc) is 2.33. The van der Waals surface area contributed by atoms with Crippen molar-refractivity contribution in [3.63, 3.8) is 0 Å². The van der Waals surface area contributed by atoms with Crippen molar-refractivity contribution < 1.29 is 0 Å². The number of nitrogens with one attached hydrogen (secondary N) is 1. The third-order valence-electron chi connectivity index (χ3n) is 0.875. The Labute approximate surface area is 83.2 Å². The number of rotatable bonds is 2. The minimum Gasteiger partial charge on any atom is -0.300 e. The van der Waals surface area contributed by atoms with E-state index in [1.54, 1.807) is 3.71 Å². The largest absolute Gasteiger partial charge is 0.300 e. The molecule has 0 atom stereocenters. The van der Waals surface area contributed by atoms with Crippen molar-refractivity contribution in [3.05, 3.63) is 10.9 Å². The van der Waals surface area contributed by atoms with Gasteiger partial charge < -0.3 is 0 Å². The number of hydrogen-bond acceptors (Lipinski definition) is 6. The van der Waals surface area contributed by atoms with Gasteiger partial charge in [-0.25, -0.2) is 3.71 Å². The molecule has 58 valence electrons. The Morgan fingerprint density at radius 2 is 2.64 bits per heavy atom. The third-order valence-corrected chi connectivity index (χ3v) is 3.05. The Morgan fingerprint density at radius 1 is 1.91 bits per heavy atom. The maximum absolute atomic E-state index is 8.34. The lowest BCUT2D eigenvalue weighted by atomic mass is 10.6. The van der Waals surface area contributed by atoms with E-state index < -0.39 is 0 Å². The van der Waals surface area contributed by atoms with E-state index in [9.17, 15) is 0 Å². The van der Waals surface area contributed by atoms with Gasteiger partial charge in [0, 0.05) is 5.37 Å². The highest BCUT2D eigenvalue weighted by atomic mass is 35.5. The summed E-state index contributed by atoms with van der Waals surface area (Å²) < 4.78 is 4.38. The van der Waals surface area contributed by atoms with Gasteiger partial charge in [0.25, 0.3) is 0 Å². The number of hydrogen-bond donors (Lipinski definition) is 1. The maximum atomic E-state index is 8.34. The molecule has 0 aromatic heterocycles. The quantitative estimate of drug-likeness (QED) is 0.334. The number of nitrogens with zero attached hydrogens (tertiary/aromatic N) is 2. The summed E-state index contributed by atoms with van der Waals surface area (Å²) in [5.41, 5.74) is 0.651. The second-order valence-electron chi connectivity index (χ2n) is 1.45. The van der Waals surface area contributed by atoms with Crippen LogP contribution in [0.25, 0.3) is 0 Å². The van der Waals surface area contributed by atoms with E-state index in [2.05, 4.69) is 4.72 Å². The normalized spacial score (nSPS) is 16.2. The predicted molar refractivity (Wildman–Crippen MR) is 52.3 cm³/mol. The van der Waals surface area contributed by atoms with Gasteiger partial charge in [0.05, 0.1) is 24.1 Å². The van der Waals surface area contributed by atoms with Crippen LogP contribution in [0.5, 0.6) is 0 Å². The van der Waals surface area contributed by atoms with Gasteiger partial charge in [0.2, 0.25) is 0 Å². The molecule has 0 saturated carbocycles. The van der Waals surface area contributed by atoms with E-state index in [0.717, 1.165) is 11.9 Å². The van der Waals surface area contributed by atoms with E-state index in [4.69, 9.17) is 29.1 Å². The zero-order valence-corrected chi connectivity index (χ0v) is 8.28. The van der Waals surface area contributed by atoms with Crippen LogP contribution in [0.15, 0.2) is 10.9 Å². The molecule has 1 heterocycles. The van der Waals surface area contributed by atoms with Crippen LogP contribution in [0.1, 0.15) is 0 Å². The maximum Gasteiger partial charge on any atom is 0.157 e. The minimum absolute atomic E-state index is 0.466. The zero-order chi connectivity index (χ0) is 8.27. The van der Waals surface area contributed by atoms with Crippen molar-refractivity contribution in [2.75, 3.05) is 0 Å². The lowest BCUT2D eigenvalue weighted by molar-refractivity contribution is 1.03. The second kappa shape index (κ2) is 4.07. The number of nitriles is 1. The molecule has 1 aliphatic rings. The van der Waals surface area contributed by atoms with E-state index in [-0.39, 0.29) is 0 Å². The summed E-state index contributed by atoms with van der Waals surface area (Å²) >= 11 is 12.6. The molecule has 0 spiro atoms. The summed E-state index contributed by atoms with van der Waals surface area (Å²) in [6.07, 6.45) is 0. The van der Waals surface area contributed by atoms with Crippen LogP contribution in [0.3, 0.4) is 0 Å². The van der Waals surface area contributed by atoms with Crippen molar-refractivity contribution in [3.8, 4) is 5.40 Å². The molecule has 0 aromatic carbocycles. The molecule has 1 aliphatic heterocycles. The molecule has 0 unspecified atom stereocenters. The Hall–Kier alpha value is -0.0900. The van der Waals surface area contributed by atoms with Gasteiger partial charge in [0.1, 0.15) is 10.9 Å². The zero-order valence-electron chi connectivity index (χ0n) is 5.07. The highest BCUT2D eigenvalue weighted by Crippen LogP contribution is 2.33. The minimum atomic E-state index is 0.466. The molecule has 11 heavy (non-hydrogen) atoms. The Bertz CT molecular complexity index is 245. The first kappa shape index (κ1) is 9.00. The van der Waals surface area contributed by atoms with E-state index in [0.29, 0.717) is 10.9 Å². The van der Waals surface area contributed by atoms with Gasteiger partial charge >= 0.3 is 0 Å². The standard InChI is InChI=1S/C4H2ClN3S3/c5-4-3(1-9)8(10-2-6)11-7-4/h1,7H. The predicted octanol–water partition coefficient (Wildman–Crippen LogP) is 1.99.